The van der Waals surface area contributed by atoms with Gasteiger partial charge in [-0.2, -0.15) is 0 Å². The van der Waals surface area contributed by atoms with Gasteiger partial charge < -0.3 is 24.5 Å². The predicted molar refractivity (Wildman–Crippen MR) is 87.9 cm³/mol. The lowest BCUT2D eigenvalue weighted by atomic mass is 10.1. The Morgan fingerprint density at radius 2 is 1.75 bits per heavy atom. The van der Waals surface area contributed by atoms with Crippen molar-refractivity contribution in [2.24, 2.45) is 0 Å². The lowest BCUT2D eigenvalue weighted by Crippen LogP contribution is -2.04. The molecule has 1 heterocycles. The van der Waals surface area contributed by atoms with Crippen LogP contribution in [0.15, 0.2) is 45.6 Å². The van der Waals surface area contributed by atoms with Crippen LogP contribution in [0, 0.1) is 0 Å². The maximum absolute atomic E-state index is 12.3. The third-order valence-electron chi connectivity index (χ3n) is 3.78. The van der Waals surface area contributed by atoms with Crippen LogP contribution in [0.5, 0.6) is 23.0 Å². The van der Waals surface area contributed by atoms with E-state index in [2.05, 4.69) is 0 Å². The molecule has 0 amide bonds. The van der Waals surface area contributed by atoms with Crippen molar-refractivity contribution >= 4 is 11.0 Å². The van der Waals surface area contributed by atoms with Crippen LogP contribution in [0.4, 0.5) is 0 Å². The molecule has 0 aliphatic heterocycles. The number of aryl methyl sites for hydroxylation is 2. The van der Waals surface area contributed by atoms with Crippen LogP contribution in [0.2, 0.25) is 0 Å². The van der Waals surface area contributed by atoms with Crippen molar-refractivity contribution in [3.63, 3.8) is 0 Å². The second kappa shape index (κ2) is 6.16. The molecule has 6 heteroatoms. The van der Waals surface area contributed by atoms with Gasteiger partial charge >= 0.3 is 0 Å². The number of methoxy groups -OCH3 is 1. The topological polar surface area (TPSA) is 100 Å². The molecule has 0 saturated heterocycles. The molecule has 0 atom stereocenters. The summed E-state index contributed by atoms with van der Waals surface area (Å²) < 4.78 is 10.5. The first-order valence-corrected chi connectivity index (χ1v) is 7.33. The fraction of sp³-hybridized carbons (Fsp3) is 0.167. The zero-order valence-electron chi connectivity index (χ0n) is 12.9. The fourth-order valence-electron chi connectivity index (χ4n) is 2.58. The molecule has 1 aromatic heterocycles. The highest BCUT2D eigenvalue weighted by molar-refractivity contribution is 5.88. The van der Waals surface area contributed by atoms with Gasteiger partial charge in [0.2, 0.25) is 5.75 Å². The van der Waals surface area contributed by atoms with E-state index in [-0.39, 0.29) is 28.2 Å². The average molecular weight is 328 g/mol. The summed E-state index contributed by atoms with van der Waals surface area (Å²) in [6, 6.07) is 9.33. The van der Waals surface area contributed by atoms with Crippen molar-refractivity contribution in [1.29, 1.82) is 0 Å². The Labute approximate surface area is 137 Å². The molecule has 3 N–H and O–H groups in total. The number of aromatic hydroxyl groups is 3. The molecule has 0 unspecified atom stereocenters. The second-order valence-electron chi connectivity index (χ2n) is 5.39. The third-order valence-corrected chi connectivity index (χ3v) is 3.78. The Kier molecular flexibility index (Phi) is 4.04. The Hall–Kier alpha value is -3.15. The third kappa shape index (κ3) is 2.86. The predicted octanol–water partition coefficient (Wildman–Crippen LogP) is 2.70. The van der Waals surface area contributed by atoms with E-state index in [1.54, 1.807) is 24.3 Å². The first kappa shape index (κ1) is 15.7. The molecule has 124 valence electrons. The van der Waals surface area contributed by atoms with E-state index in [9.17, 15) is 20.1 Å². The van der Waals surface area contributed by atoms with Gasteiger partial charge in [-0.15, -0.1) is 0 Å². The van der Waals surface area contributed by atoms with Gasteiger partial charge in [-0.05, 0) is 24.1 Å². The van der Waals surface area contributed by atoms with Crippen LogP contribution in [-0.4, -0.2) is 22.4 Å². The largest absolute Gasteiger partial charge is 0.508 e. The summed E-state index contributed by atoms with van der Waals surface area (Å²) >= 11 is 0. The summed E-state index contributed by atoms with van der Waals surface area (Å²) in [5.41, 5.74) is 0.669. The number of phenolic OH excluding ortho intramolecular Hbond substituents is 3. The molecule has 3 aromatic rings. The maximum atomic E-state index is 12.3. The molecule has 2 aromatic carbocycles. The Morgan fingerprint density at radius 1 is 1.04 bits per heavy atom. The van der Waals surface area contributed by atoms with Crippen LogP contribution in [-0.2, 0) is 12.8 Å². The van der Waals surface area contributed by atoms with E-state index in [4.69, 9.17) is 9.15 Å². The number of phenols is 3. The highest BCUT2D eigenvalue weighted by Gasteiger charge is 2.17. The molecular formula is C18H16O6. The van der Waals surface area contributed by atoms with E-state index in [0.29, 0.717) is 18.6 Å². The minimum absolute atomic E-state index is 0.0296. The summed E-state index contributed by atoms with van der Waals surface area (Å²) in [6.07, 6.45) is 1.08. The van der Waals surface area contributed by atoms with Crippen LogP contribution in [0.25, 0.3) is 11.0 Å². The van der Waals surface area contributed by atoms with Gasteiger partial charge in [0, 0.05) is 18.6 Å². The van der Waals surface area contributed by atoms with E-state index < -0.39 is 11.2 Å². The van der Waals surface area contributed by atoms with Gasteiger partial charge in [0.05, 0.1) is 7.11 Å². The molecular weight excluding hydrogens is 312 g/mol. The highest BCUT2D eigenvalue weighted by Crippen LogP contribution is 2.40. The molecule has 3 rings (SSSR count). The van der Waals surface area contributed by atoms with Crippen LogP contribution < -0.4 is 10.2 Å². The molecule has 0 bridgehead atoms. The molecule has 24 heavy (non-hydrogen) atoms. The van der Waals surface area contributed by atoms with E-state index in [1.807, 2.05) is 0 Å². The first-order valence-electron chi connectivity index (χ1n) is 7.33. The minimum atomic E-state index is -0.439. The van der Waals surface area contributed by atoms with Crippen molar-refractivity contribution < 1.29 is 24.5 Å². The number of benzene rings is 2. The standard InChI is InChI=1S/C18H16O6/c1-23-18-14(21)9-15-16(17(18)22)13(20)8-12(24-15)7-4-10-2-5-11(19)6-3-10/h2-3,5-6,8-9,19,21-22H,4,7H2,1H3. The normalized spacial score (nSPS) is 10.9. The zero-order chi connectivity index (χ0) is 17.3. The van der Waals surface area contributed by atoms with Crippen molar-refractivity contribution in [3.05, 3.63) is 57.9 Å². The molecule has 0 fully saturated rings. The Balaban J connectivity index is 1.96. The summed E-state index contributed by atoms with van der Waals surface area (Å²) in [5.74, 6) is -0.278. The van der Waals surface area contributed by atoms with E-state index in [0.717, 1.165) is 5.56 Å². The van der Waals surface area contributed by atoms with Crippen LogP contribution in [0.1, 0.15) is 11.3 Å². The summed E-state index contributed by atoms with van der Waals surface area (Å²) in [7, 11) is 1.29. The SMILES string of the molecule is COc1c(O)cc2oc(CCc3ccc(O)cc3)cc(=O)c2c1O. The van der Waals surface area contributed by atoms with Gasteiger partial charge in [0.1, 0.15) is 22.5 Å². The summed E-state index contributed by atoms with van der Waals surface area (Å²) in [6.45, 7) is 0. The number of rotatable bonds is 4. The second-order valence-corrected chi connectivity index (χ2v) is 5.39. The van der Waals surface area contributed by atoms with Gasteiger partial charge in [0.15, 0.2) is 16.9 Å². The quantitative estimate of drug-likeness (QED) is 0.681. The summed E-state index contributed by atoms with van der Waals surface area (Å²) in [4.78, 5) is 12.3. The van der Waals surface area contributed by atoms with Crippen molar-refractivity contribution in [3.8, 4) is 23.0 Å². The van der Waals surface area contributed by atoms with Crippen LogP contribution >= 0.6 is 0 Å². The molecule has 0 radical (unpaired) electrons. The van der Waals surface area contributed by atoms with Crippen molar-refractivity contribution in [2.75, 3.05) is 7.11 Å². The fourth-order valence-corrected chi connectivity index (χ4v) is 2.58. The number of fused-ring (bicyclic) bond motifs is 1. The lowest BCUT2D eigenvalue weighted by Gasteiger charge is -2.09. The number of ether oxygens (including phenoxy) is 1. The first-order chi connectivity index (χ1) is 11.5. The van der Waals surface area contributed by atoms with Gasteiger partial charge in [0.25, 0.3) is 0 Å². The zero-order valence-corrected chi connectivity index (χ0v) is 12.9. The number of hydrogen-bond donors (Lipinski definition) is 3. The Bertz CT molecular complexity index is 940. The summed E-state index contributed by atoms with van der Waals surface area (Å²) in [5, 5.41) is 29.1. The van der Waals surface area contributed by atoms with Gasteiger partial charge in [-0.3, -0.25) is 4.79 Å². The van der Waals surface area contributed by atoms with E-state index >= 15 is 0 Å². The minimum Gasteiger partial charge on any atom is -0.508 e. The Morgan fingerprint density at radius 3 is 2.42 bits per heavy atom. The van der Waals surface area contributed by atoms with Gasteiger partial charge in [-0.25, -0.2) is 0 Å². The molecule has 0 aliphatic rings. The average Bonchev–Trinajstić information content (AvgIpc) is 2.54. The highest BCUT2D eigenvalue weighted by atomic mass is 16.5. The lowest BCUT2D eigenvalue weighted by molar-refractivity contribution is 0.346. The molecule has 0 saturated carbocycles. The monoisotopic (exact) mass is 328 g/mol. The smallest absolute Gasteiger partial charge is 0.203 e. The number of hydrogen-bond acceptors (Lipinski definition) is 6. The maximum Gasteiger partial charge on any atom is 0.203 e. The van der Waals surface area contributed by atoms with E-state index in [1.165, 1.54) is 19.2 Å². The van der Waals surface area contributed by atoms with Crippen molar-refractivity contribution in [1.82, 2.24) is 0 Å². The van der Waals surface area contributed by atoms with Crippen LogP contribution in [0.3, 0.4) is 0 Å². The van der Waals surface area contributed by atoms with Gasteiger partial charge in [-0.1, -0.05) is 12.1 Å². The molecule has 6 nitrogen and oxygen atoms in total. The molecule has 0 spiro atoms. The molecule has 0 aliphatic carbocycles. The van der Waals surface area contributed by atoms with Crippen molar-refractivity contribution in [2.45, 2.75) is 12.8 Å².